The van der Waals surface area contributed by atoms with Gasteiger partial charge in [-0.25, -0.2) is 4.79 Å². The van der Waals surface area contributed by atoms with Crippen molar-refractivity contribution < 1.29 is 14.9 Å². The van der Waals surface area contributed by atoms with E-state index >= 15 is 0 Å². The average Bonchev–Trinajstić information content (AvgIpc) is 2.26. The maximum atomic E-state index is 11.9. The van der Waals surface area contributed by atoms with Gasteiger partial charge in [0.1, 0.15) is 0 Å². The van der Waals surface area contributed by atoms with Crippen LogP contribution >= 0.6 is 0 Å². The van der Waals surface area contributed by atoms with Crippen molar-refractivity contribution >= 4 is 11.9 Å². The van der Waals surface area contributed by atoms with E-state index in [0.29, 0.717) is 12.0 Å². The fourth-order valence-electron chi connectivity index (χ4n) is 2.71. The molecule has 0 unspecified atom stereocenters. The SMILES string of the molecule is CC(C)[C@H]([NH2+][C@@H]1CCCC[C@@H]1C)C(=O)NC(N)=O. The second-order valence-electron chi connectivity index (χ2n) is 5.74. The predicted molar refractivity (Wildman–Crippen MR) is 69.7 cm³/mol. The van der Waals surface area contributed by atoms with Crippen molar-refractivity contribution in [1.82, 2.24) is 5.32 Å². The Labute approximate surface area is 109 Å². The van der Waals surface area contributed by atoms with Crippen LogP contribution in [0.25, 0.3) is 0 Å². The largest absolute Gasteiger partial charge is 0.351 e. The maximum Gasteiger partial charge on any atom is 0.319 e. The zero-order valence-electron chi connectivity index (χ0n) is 11.6. The van der Waals surface area contributed by atoms with Crippen LogP contribution in [-0.2, 0) is 4.79 Å². The highest BCUT2D eigenvalue weighted by molar-refractivity contribution is 5.95. The smallest absolute Gasteiger partial charge is 0.319 e. The fourth-order valence-corrected chi connectivity index (χ4v) is 2.71. The molecule has 5 nitrogen and oxygen atoms in total. The number of hydrogen-bond acceptors (Lipinski definition) is 2. The summed E-state index contributed by atoms with van der Waals surface area (Å²) in [6.45, 7) is 6.23. The molecule has 0 bridgehead atoms. The van der Waals surface area contributed by atoms with Gasteiger partial charge in [0.15, 0.2) is 6.04 Å². The molecule has 0 aromatic rings. The number of amides is 3. The number of quaternary nitrogens is 1. The summed E-state index contributed by atoms with van der Waals surface area (Å²) in [4.78, 5) is 22.7. The minimum Gasteiger partial charge on any atom is -0.351 e. The highest BCUT2D eigenvalue weighted by Crippen LogP contribution is 2.21. The number of carbonyl (C=O) groups excluding carboxylic acids is 2. The van der Waals surface area contributed by atoms with Gasteiger partial charge >= 0.3 is 6.03 Å². The molecule has 1 aliphatic rings. The first-order chi connectivity index (χ1) is 8.41. The van der Waals surface area contributed by atoms with E-state index in [1.807, 2.05) is 13.8 Å². The Balaban J connectivity index is 2.61. The number of nitrogens with one attached hydrogen (secondary N) is 1. The van der Waals surface area contributed by atoms with Crippen LogP contribution in [0.4, 0.5) is 4.79 Å². The molecule has 1 rings (SSSR count). The number of imide groups is 1. The molecule has 3 atom stereocenters. The number of primary amides is 1. The molecule has 1 aliphatic carbocycles. The maximum absolute atomic E-state index is 11.9. The van der Waals surface area contributed by atoms with Crippen molar-refractivity contribution in [3.8, 4) is 0 Å². The molecular weight excluding hydrogens is 230 g/mol. The first kappa shape index (κ1) is 15.0. The van der Waals surface area contributed by atoms with E-state index in [4.69, 9.17) is 5.73 Å². The molecule has 0 aromatic carbocycles. The second kappa shape index (κ2) is 6.73. The topological polar surface area (TPSA) is 88.8 Å². The standard InChI is InChI=1S/C13H25N3O2/c1-8(2)11(12(17)16-13(14)18)15-10-7-5-4-6-9(10)3/h8-11,15H,4-7H2,1-3H3,(H3,14,16,17,18)/p+1/t9-,10+,11-/m0/s1. The molecule has 104 valence electrons. The average molecular weight is 256 g/mol. The number of carbonyl (C=O) groups is 2. The van der Waals surface area contributed by atoms with Crippen molar-refractivity contribution in [2.45, 2.75) is 58.5 Å². The predicted octanol–water partition coefficient (Wildman–Crippen LogP) is 0.348. The van der Waals surface area contributed by atoms with Gasteiger partial charge in [0.05, 0.1) is 6.04 Å². The Hall–Kier alpha value is -1.10. The highest BCUT2D eigenvalue weighted by atomic mass is 16.2. The van der Waals surface area contributed by atoms with Gasteiger partial charge in [-0.3, -0.25) is 10.1 Å². The number of hydrogen-bond donors (Lipinski definition) is 3. The highest BCUT2D eigenvalue weighted by Gasteiger charge is 2.33. The first-order valence-corrected chi connectivity index (χ1v) is 6.87. The van der Waals surface area contributed by atoms with Gasteiger partial charge in [-0.2, -0.15) is 0 Å². The second-order valence-corrected chi connectivity index (χ2v) is 5.74. The number of rotatable bonds is 4. The number of urea groups is 1. The van der Waals surface area contributed by atoms with E-state index in [0.717, 1.165) is 6.42 Å². The minimum absolute atomic E-state index is 0.179. The van der Waals surface area contributed by atoms with Crippen LogP contribution in [0.5, 0.6) is 0 Å². The van der Waals surface area contributed by atoms with Gasteiger partial charge in [-0.1, -0.05) is 27.2 Å². The quantitative estimate of drug-likeness (QED) is 0.677. The van der Waals surface area contributed by atoms with Crippen LogP contribution in [0.2, 0.25) is 0 Å². The molecule has 0 spiro atoms. The van der Waals surface area contributed by atoms with Crippen LogP contribution in [0.1, 0.15) is 46.5 Å². The van der Waals surface area contributed by atoms with Gasteiger partial charge < -0.3 is 11.1 Å². The third-order valence-corrected chi connectivity index (χ3v) is 3.90. The first-order valence-electron chi connectivity index (χ1n) is 6.87. The molecule has 0 radical (unpaired) electrons. The Morgan fingerprint density at radius 1 is 1.28 bits per heavy atom. The molecule has 5 heteroatoms. The third kappa shape index (κ3) is 4.29. The summed E-state index contributed by atoms with van der Waals surface area (Å²) < 4.78 is 0. The van der Waals surface area contributed by atoms with E-state index in [1.54, 1.807) is 0 Å². The molecule has 5 N–H and O–H groups in total. The van der Waals surface area contributed by atoms with E-state index in [-0.39, 0.29) is 17.9 Å². The van der Waals surface area contributed by atoms with Crippen molar-refractivity contribution in [3.05, 3.63) is 0 Å². The third-order valence-electron chi connectivity index (χ3n) is 3.90. The Bertz CT molecular complexity index is 305. The van der Waals surface area contributed by atoms with Crippen molar-refractivity contribution in [2.75, 3.05) is 0 Å². The van der Waals surface area contributed by atoms with Gasteiger partial charge in [-0.15, -0.1) is 0 Å². The molecule has 0 aliphatic heterocycles. The van der Waals surface area contributed by atoms with Crippen LogP contribution in [0, 0.1) is 11.8 Å². The van der Waals surface area contributed by atoms with Crippen LogP contribution in [0.3, 0.4) is 0 Å². The molecular formula is C13H26N3O2+. The van der Waals surface area contributed by atoms with Gasteiger partial charge in [0.2, 0.25) is 0 Å². The lowest BCUT2D eigenvalue weighted by molar-refractivity contribution is -0.722. The Morgan fingerprint density at radius 3 is 2.39 bits per heavy atom. The van der Waals surface area contributed by atoms with Crippen LogP contribution in [0.15, 0.2) is 0 Å². The Morgan fingerprint density at radius 2 is 1.89 bits per heavy atom. The van der Waals surface area contributed by atoms with Gasteiger partial charge in [-0.05, 0) is 19.3 Å². The molecule has 0 aromatic heterocycles. The minimum atomic E-state index is -0.768. The van der Waals surface area contributed by atoms with E-state index < -0.39 is 6.03 Å². The van der Waals surface area contributed by atoms with Crippen molar-refractivity contribution in [2.24, 2.45) is 17.6 Å². The summed E-state index contributed by atoms with van der Waals surface area (Å²) in [5.74, 6) is 0.537. The number of nitrogens with two attached hydrogens (primary N) is 2. The summed E-state index contributed by atoms with van der Waals surface area (Å²) in [6, 6.07) is -0.524. The molecule has 3 amide bonds. The van der Waals surface area contributed by atoms with E-state index in [1.165, 1.54) is 19.3 Å². The van der Waals surface area contributed by atoms with Crippen LogP contribution in [-0.4, -0.2) is 24.0 Å². The van der Waals surface area contributed by atoms with Crippen molar-refractivity contribution in [1.29, 1.82) is 0 Å². The van der Waals surface area contributed by atoms with E-state index in [2.05, 4.69) is 17.6 Å². The van der Waals surface area contributed by atoms with Crippen molar-refractivity contribution in [3.63, 3.8) is 0 Å². The molecule has 18 heavy (non-hydrogen) atoms. The van der Waals surface area contributed by atoms with Crippen LogP contribution < -0.4 is 16.4 Å². The normalized spacial score (nSPS) is 25.8. The lowest BCUT2D eigenvalue weighted by Gasteiger charge is -2.30. The zero-order valence-corrected chi connectivity index (χ0v) is 11.6. The molecule has 0 heterocycles. The lowest BCUT2D eigenvalue weighted by Crippen LogP contribution is -2.99. The van der Waals surface area contributed by atoms with Gasteiger partial charge in [0, 0.05) is 11.8 Å². The van der Waals surface area contributed by atoms with Gasteiger partial charge in [0.25, 0.3) is 5.91 Å². The zero-order chi connectivity index (χ0) is 13.7. The lowest BCUT2D eigenvalue weighted by atomic mass is 9.85. The summed E-state index contributed by atoms with van der Waals surface area (Å²) in [5.41, 5.74) is 5.01. The Kier molecular flexibility index (Phi) is 5.59. The fraction of sp³-hybridized carbons (Fsp3) is 0.846. The summed E-state index contributed by atoms with van der Waals surface area (Å²) >= 11 is 0. The molecule has 0 saturated heterocycles. The summed E-state index contributed by atoms with van der Waals surface area (Å²) in [6.07, 6.45) is 4.89. The molecule has 1 saturated carbocycles. The summed E-state index contributed by atoms with van der Waals surface area (Å²) in [5, 5.41) is 4.33. The molecule has 1 fully saturated rings. The monoisotopic (exact) mass is 256 g/mol. The van der Waals surface area contributed by atoms with E-state index in [9.17, 15) is 9.59 Å². The summed E-state index contributed by atoms with van der Waals surface area (Å²) in [7, 11) is 0.